The second-order valence-electron chi connectivity index (χ2n) is 9.46. The van der Waals surface area contributed by atoms with E-state index in [1.807, 2.05) is 0 Å². The fourth-order valence-electron chi connectivity index (χ4n) is 4.13. The third kappa shape index (κ3) is 6.40. The first-order valence-electron chi connectivity index (χ1n) is 10.5. The van der Waals surface area contributed by atoms with E-state index in [-0.39, 0.29) is 0 Å². The molecule has 3 rings (SSSR count). The lowest BCUT2D eigenvalue weighted by Gasteiger charge is -2.40. The minimum atomic E-state index is 0.773. The van der Waals surface area contributed by atoms with Crippen LogP contribution in [0.2, 0.25) is 0 Å². The van der Waals surface area contributed by atoms with Gasteiger partial charge in [-0.25, -0.2) is 0 Å². The van der Waals surface area contributed by atoms with Crippen LogP contribution in [0.4, 0.5) is 0 Å². The van der Waals surface area contributed by atoms with Crippen LogP contribution in [0.25, 0.3) is 0 Å². The van der Waals surface area contributed by atoms with Crippen LogP contribution < -0.4 is 0 Å². The van der Waals surface area contributed by atoms with Crippen molar-refractivity contribution in [1.29, 1.82) is 0 Å². The van der Waals surface area contributed by atoms with Crippen molar-refractivity contribution in [3.63, 3.8) is 0 Å². The van der Waals surface area contributed by atoms with Crippen LogP contribution in [-0.4, -0.2) is 24.0 Å². The Morgan fingerprint density at radius 2 is 1.26 bits per heavy atom. The summed E-state index contributed by atoms with van der Waals surface area (Å²) in [6.45, 7) is 18.5. The summed E-state index contributed by atoms with van der Waals surface area (Å²) in [6.07, 6.45) is 13.3. The quantitative estimate of drug-likeness (QED) is 0.545. The van der Waals surface area contributed by atoms with Gasteiger partial charge in [0.2, 0.25) is 0 Å². The van der Waals surface area contributed by atoms with Gasteiger partial charge in [-0.1, -0.05) is 60.3 Å². The number of hydrogen-bond acceptors (Lipinski definition) is 1. The molecule has 0 aromatic carbocycles. The molecule has 1 spiro atoms. The Kier molecular flexibility index (Phi) is 8.63. The van der Waals surface area contributed by atoms with Gasteiger partial charge in [0.1, 0.15) is 0 Å². The van der Waals surface area contributed by atoms with Crippen molar-refractivity contribution in [2.75, 3.05) is 13.1 Å². The van der Waals surface area contributed by atoms with Crippen LogP contribution in [0.3, 0.4) is 0 Å². The van der Waals surface area contributed by atoms with Gasteiger partial charge < -0.3 is 4.90 Å². The molecule has 0 atom stereocenters. The van der Waals surface area contributed by atoms with Gasteiger partial charge in [0.05, 0.1) is 0 Å². The molecule has 1 nitrogen and oxygen atoms in total. The summed E-state index contributed by atoms with van der Waals surface area (Å²) in [5.74, 6) is 0.833. The van der Waals surface area contributed by atoms with E-state index in [1.54, 1.807) is 0 Å². The largest absolute Gasteiger partial charge is 0.300 e. The molecule has 0 aromatic rings. The number of nitrogens with zero attached hydrogens (tertiary/aromatic N) is 1. The number of likely N-dealkylation sites (tertiary alicyclic amines) is 1. The van der Waals surface area contributed by atoms with Gasteiger partial charge in [-0.15, -0.1) is 0 Å². The molecule has 2 saturated carbocycles. The minimum absolute atomic E-state index is 0.773. The fourth-order valence-corrected chi connectivity index (χ4v) is 4.13. The van der Waals surface area contributed by atoms with Gasteiger partial charge >= 0.3 is 0 Å². The van der Waals surface area contributed by atoms with Gasteiger partial charge in [-0.2, -0.15) is 0 Å². The smallest absolute Gasteiger partial charge is 0.00412 e. The van der Waals surface area contributed by atoms with Crippen molar-refractivity contribution >= 4 is 0 Å². The van der Waals surface area contributed by atoms with E-state index >= 15 is 0 Å². The van der Waals surface area contributed by atoms with E-state index in [1.165, 1.54) is 70.9 Å². The van der Waals surface area contributed by atoms with E-state index in [4.69, 9.17) is 0 Å². The highest BCUT2D eigenvalue weighted by Gasteiger charge is 2.42. The summed E-state index contributed by atoms with van der Waals surface area (Å²) in [6, 6.07) is 0.773. The van der Waals surface area contributed by atoms with Crippen LogP contribution in [-0.2, 0) is 0 Å². The monoisotopic (exact) mass is 323 g/mol. The molecule has 0 aromatic heterocycles. The first-order chi connectivity index (χ1) is 10.8. The maximum atomic E-state index is 2.64. The van der Waals surface area contributed by atoms with Crippen molar-refractivity contribution in [2.24, 2.45) is 16.7 Å². The number of rotatable bonds is 3. The van der Waals surface area contributed by atoms with Crippen LogP contribution in [0.1, 0.15) is 106 Å². The van der Waals surface area contributed by atoms with E-state index in [0.29, 0.717) is 0 Å². The highest BCUT2D eigenvalue weighted by atomic mass is 15.2. The molecule has 3 aliphatic rings. The molecule has 1 aliphatic heterocycles. The van der Waals surface area contributed by atoms with E-state index in [2.05, 4.69) is 53.4 Å². The lowest BCUT2D eigenvalue weighted by molar-refractivity contribution is 0.121. The maximum absolute atomic E-state index is 2.64. The SMILES string of the molecule is CC(C)C.CC(C)N1CCC2(CCC2)C1.CCC1(CC)CCC1. The molecule has 0 radical (unpaired) electrons. The van der Waals surface area contributed by atoms with Gasteiger partial charge in [0, 0.05) is 12.6 Å². The molecule has 1 saturated heterocycles. The molecule has 1 heteroatoms. The summed E-state index contributed by atoms with van der Waals surface area (Å²) >= 11 is 0. The van der Waals surface area contributed by atoms with Crippen molar-refractivity contribution in [3.8, 4) is 0 Å². The average Bonchev–Trinajstić information content (AvgIpc) is 2.84. The highest BCUT2D eigenvalue weighted by molar-refractivity contribution is 4.96. The third-order valence-electron chi connectivity index (χ3n) is 6.53. The summed E-state index contributed by atoms with van der Waals surface area (Å²) in [5.41, 5.74) is 1.60. The van der Waals surface area contributed by atoms with E-state index < -0.39 is 0 Å². The normalized spacial score (nSPS) is 24.4. The molecule has 138 valence electrons. The molecule has 0 amide bonds. The van der Waals surface area contributed by atoms with Crippen LogP contribution in [0, 0.1) is 16.7 Å². The van der Waals surface area contributed by atoms with Gasteiger partial charge in [-0.05, 0) is 69.2 Å². The molecule has 23 heavy (non-hydrogen) atoms. The van der Waals surface area contributed by atoms with Crippen LogP contribution in [0.15, 0.2) is 0 Å². The predicted molar refractivity (Wildman–Crippen MR) is 105 cm³/mol. The zero-order valence-corrected chi connectivity index (χ0v) is 17.4. The third-order valence-corrected chi connectivity index (χ3v) is 6.53. The molecule has 2 aliphatic carbocycles. The topological polar surface area (TPSA) is 3.24 Å². The van der Waals surface area contributed by atoms with Crippen molar-refractivity contribution in [3.05, 3.63) is 0 Å². The van der Waals surface area contributed by atoms with Gasteiger partial charge in [0.25, 0.3) is 0 Å². The molecule has 0 N–H and O–H groups in total. The standard InChI is InChI=1S/C10H19N.C8H16.C4H10/c1-9(2)11-7-6-10(8-11)4-3-5-10;1-3-8(4-2)6-5-7-8;1-4(2)3/h9H,3-8H2,1-2H3;3-7H2,1-2H3;4H,1-3H3. The zero-order chi connectivity index (χ0) is 17.5. The first kappa shape index (κ1) is 21.0. The molecule has 0 unspecified atom stereocenters. The Bertz CT molecular complexity index is 294. The minimum Gasteiger partial charge on any atom is -0.300 e. The van der Waals surface area contributed by atoms with Gasteiger partial charge in [-0.3, -0.25) is 0 Å². The van der Waals surface area contributed by atoms with Crippen LogP contribution >= 0.6 is 0 Å². The Labute approximate surface area is 147 Å². The lowest BCUT2D eigenvalue weighted by Crippen LogP contribution is -2.35. The van der Waals surface area contributed by atoms with Crippen molar-refractivity contribution in [1.82, 2.24) is 4.90 Å². The van der Waals surface area contributed by atoms with E-state index in [0.717, 1.165) is 22.8 Å². The summed E-state index contributed by atoms with van der Waals surface area (Å²) in [7, 11) is 0. The molecular weight excluding hydrogens is 278 g/mol. The molecule has 1 heterocycles. The summed E-state index contributed by atoms with van der Waals surface area (Å²) in [5, 5.41) is 0. The number of hydrogen-bond donors (Lipinski definition) is 0. The van der Waals surface area contributed by atoms with Crippen molar-refractivity contribution in [2.45, 2.75) is 112 Å². The molecular formula is C22H45N. The van der Waals surface area contributed by atoms with Gasteiger partial charge in [0.15, 0.2) is 0 Å². The van der Waals surface area contributed by atoms with Crippen molar-refractivity contribution < 1.29 is 0 Å². The Hall–Kier alpha value is -0.0400. The second kappa shape index (κ2) is 9.44. The Balaban J connectivity index is 0.000000194. The zero-order valence-electron chi connectivity index (χ0n) is 17.4. The Morgan fingerprint density at radius 3 is 1.39 bits per heavy atom. The molecule has 3 fully saturated rings. The van der Waals surface area contributed by atoms with Crippen LogP contribution in [0.5, 0.6) is 0 Å². The second-order valence-corrected chi connectivity index (χ2v) is 9.46. The highest BCUT2D eigenvalue weighted by Crippen LogP contribution is 2.48. The molecule has 0 bridgehead atoms. The average molecular weight is 324 g/mol. The maximum Gasteiger partial charge on any atom is 0.00412 e. The predicted octanol–water partition coefficient (Wildman–Crippen LogP) is 6.91. The fraction of sp³-hybridized carbons (Fsp3) is 1.00. The van der Waals surface area contributed by atoms with E-state index in [9.17, 15) is 0 Å². The summed E-state index contributed by atoms with van der Waals surface area (Å²) < 4.78 is 0. The first-order valence-corrected chi connectivity index (χ1v) is 10.5. The summed E-state index contributed by atoms with van der Waals surface area (Å²) in [4.78, 5) is 2.64. The lowest BCUT2D eigenvalue weighted by atomic mass is 9.65. The Morgan fingerprint density at radius 1 is 0.783 bits per heavy atom.